The third-order valence-electron chi connectivity index (χ3n) is 3.75. The zero-order valence-corrected chi connectivity index (χ0v) is 13.7. The summed E-state index contributed by atoms with van der Waals surface area (Å²) in [7, 11) is 0. The van der Waals surface area contributed by atoms with Crippen LogP contribution in [0.25, 0.3) is 0 Å². The first-order valence-corrected chi connectivity index (χ1v) is 8.08. The second kappa shape index (κ2) is 5.78. The van der Waals surface area contributed by atoms with Crippen molar-refractivity contribution in [1.29, 1.82) is 0 Å². The minimum atomic E-state index is 0.563. The van der Waals surface area contributed by atoms with Gasteiger partial charge in [-0.25, -0.2) is 4.98 Å². The van der Waals surface area contributed by atoms with Gasteiger partial charge in [0.1, 0.15) is 0 Å². The van der Waals surface area contributed by atoms with Gasteiger partial charge in [-0.3, -0.25) is 0 Å². The molecule has 20 heavy (non-hydrogen) atoms. The fraction of sp³-hybridized carbons (Fsp3) is 0.400. The van der Waals surface area contributed by atoms with Crippen molar-refractivity contribution >= 4 is 39.2 Å². The van der Waals surface area contributed by atoms with Gasteiger partial charge in [-0.15, -0.1) is 0 Å². The number of rotatable bonds is 3. The predicted octanol–water partition coefficient (Wildman–Crippen LogP) is 5.47. The molecular weight excluding hydrogens is 338 g/mol. The van der Waals surface area contributed by atoms with Crippen LogP contribution in [0.3, 0.4) is 0 Å². The number of nitrogens with one attached hydrogen (secondary N) is 1. The zero-order valence-electron chi connectivity index (χ0n) is 11.4. The fourth-order valence-corrected chi connectivity index (χ4v) is 3.50. The van der Waals surface area contributed by atoms with Gasteiger partial charge in [-0.05, 0) is 38.0 Å². The maximum atomic E-state index is 6.27. The molecule has 0 atom stereocenters. The summed E-state index contributed by atoms with van der Waals surface area (Å²) in [5.74, 6) is 0.888. The summed E-state index contributed by atoms with van der Waals surface area (Å²) < 4.78 is 3.24. The highest BCUT2D eigenvalue weighted by Crippen LogP contribution is 2.34. The van der Waals surface area contributed by atoms with Crippen LogP contribution in [0.5, 0.6) is 0 Å². The molecule has 0 radical (unpaired) electrons. The standard InChI is InChI=1S/C15H17BrClN3/c1-10-9-20(12-4-2-3-5-12)15(18-10)19-14-7-6-11(16)8-13(14)17/h6-9,12H,2-5H2,1H3,(H,18,19). The first-order chi connectivity index (χ1) is 9.63. The molecule has 0 spiro atoms. The Morgan fingerprint density at radius 1 is 1.35 bits per heavy atom. The van der Waals surface area contributed by atoms with Crippen molar-refractivity contribution in [3.8, 4) is 0 Å². The summed E-state index contributed by atoms with van der Waals surface area (Å²) in [5, 5.41) is 4.06. The zero-order chi connectivity index (χ0) is 14.1. The van der Waals surface area contributed by atoms with Crippen LogP contribution in [-0.4, -0.2) is 9.55 Å². The van der Waals surface area contributed by atoms with E-state index in [-0.39, 0.29) is 0 Å². The van der Waals surface area contributed by atoms with E-state index in [0.29, 0.717) is 11.1 Å². The molecule has 0 aliphatic heterocycles. The van der Waals surface area contributed by atoms with E-state index >= 15 is 0 Å². The van der Waals surface area contributed by atoms with Gasteiger partial charge in [0.25, 0.3) is 0 Å². The maximum Gasteiger partial charge on any atom is 0.207 e. The smallest absolute Gasteiger partial charge is 0.207 e. The van der Waals surface area contributed by atoms with Crippen LogP contribution >= 0.6 is 27.5 Å². The van der Waals surface area contributed by atoms with Gasteiger partial charge < -0.3 is 9.88 Å². The van der Waals surface area contributed by atoms with Crippen molar-refractivity contribution < 1.29 is 0 Å². The van der Waals surface area contributed by atoms with E-state index in [2.05, 4.69) is 37.0 Å². The van der Waals surface area contributed by atoms with Crippen molar-refractivity contribution in [2.45, 2.75) is 38.6 Å². The highest BCUT2D eigenvalue weighted by Gasteiger charge is 2.20. The Bertz CT molecular complexity index is 618. The molecule has 1 N–H and O–H groups in total. The lowest BCUT2D eigenvalue weighted by molar-refractivity contribution is 0.524. The Kier molecular flexibility index (Phi) is 4.03. The molecule has 3 rings (SSSR count). The lowest BCUT2D eigenvalue weighted by Gasteiger charge is -2.16. The second-order valence-electron chi connectivity index (χ2n) is 5.30. The van der Waals surface area contributed by atoms with E-state index in [1.807, 2.05) is 25.1 Å². The summed E-state index contributed by atoms with van der Waals surface area (Å²) in [6.07, 6.45) is 7.21. The normalized spacial score (nSPS) is 15.8. The third kappa shape index (κ3) is 2.86. The highest BCUT2D eigenvalue weighted by molar-refractivity contribution is 9.10. The first kappa shape index (κ1) is 14.0. The fourth-order valence-electron chi connectivity index (χ4n) is 2.78. The molecule has 106 valence electrons. The Morgan fingerprint density at radius 2 is 2.10 bits per heavy atom. The predicted molar refractivity (Wildman–Crippen MR) is 86.9 cm³/mol. The number of imidazole rings is 1. The number of aryl methyl sites for hydroxylation is 1. The molecule has 5 heteroatoms. The Labute approximate surface area is 132 Å². The summed E-state index contributed by atoms with van der Waals surface area (Å²) in [4.78, 5) is 4.60. The number of benzene rings is 1. The number of hydrogen-bond acceptors (Lipinski definition) is 2. The Hall–Kier alpha value is -1.00. The van der Waals surface area contributed by atoms with Gasteiger partial charge in [0.05, 0.1) is 16.4 Å². The van der Waals surface area contributed by atoms with Gasteiger partial charge in [-0.2, -0.15) is 0 Å². The number of halogens is 2. The molecule has 1 heterocycles. The molecule has 0 unspecified atom stereocenters. The minimum absolute atomic E-state index is 0.563. The van der Waals surface area contributed by atoms with E-state index in [9.17, 15) is 0 Å². The molecule has 0 bridgehead atoms. The SMILES string of the molecule is Cc1cn(C2CCCC2)c(Nc2ccc(Br)cc2Cl)n1. The number of aromatic nitrogens is 2. The van der Waals surface area contributed by atoms with Gasteiger partial charge in [0, 0.05) is 16.7 Å². The average molecular weight is 355 g/mol. The Morgan fingerprint density at radius 3 is 2.80 bits per heavy atom. The lowest BCUT2D eigenvalue weighted by atomic mass is 10.2. The van der Waals surface area contributed by atoms with Crippen molar-refractivity contribution in [3.05, 3.63) is 39.6 Å². The molecule has 0 amide bonds. The highest BCUT2D eigenvalue weighted by atomic mass is 79.9. The molecule has 1 aliphatic rings. The summed E-state index contributed by atoms with van der Waals surface area (Å²) in [5.41, 5.74) is 1.92. The summed E-state index contributed by atoms with van der Waals surface area (Å²) in [6.45, 7) is 2.03. The van der Waals surface area contributed by atoms with Gasteiger partial charge in [0.15, 0.2) is 0 Å². The molecule has 0 saturated heterocycles. The molecular formula is C15H17BrClN3. The average Bonchev–Trinajstić information content (AvgIpc) is 3.02. The van der Waals surface area contributed by atoms with Crippen LogP contribution in [0, 0.1) is 6.92 Å². The topological polar surface area (TPSA) is 29.9 Å². The van der Waals surface area contributed by atoms with E-state index in [0.717, 1.165) is 21.8 Å². The quantitative estimate of drug-likeness (QED) is 0.792. The van der Waals surface area contributed by atoms with Crippen molar-refractivity contribution in [1.82, 2.24) is 9.55 Å². The third-order valence-corrected chi connectivity index (χ3v) is 4.55. The van der Waals surface area contributed by atoms with Crippen molar-refractivity contribution in [2.75, 3.05) is 5.32 Å². The van der Waals surface area contributed by atoms with Crippen LogP contribution in [0.2, 0.25) is 5.02 Å². The van der Waals surface area contributed by atoms with E-state index in [1.54, 1.807) is 0 Å². The van der Waals surface area contributed by atoms with Gasteiger partial charge in [0.2, 0.25) is 5.95 Å². The minimum Gasteiger partial charge on any atom is -0.324 e. The number of hydrogen-bond donors (Lipinski definition) is 1. The van der Waals surface area contributed by atoms with Crippen LogP contribution in [0.15, 0.2) is 28.9 Å². The first-order valence-electron chi connectivity index (χ1n) is 6.91. The summed E-state index contributed by atoms with van der Waals surface area (Å²) in [6, 6.07) is 6.40. The van der Waals surface area contributed by atoms with Crippen molar-refractivity contribution in [3.63, 3.8) is 0 Å². The lowest BCUT2D eigenvalue weighted by Crippen LogP contribution is -2.08. The van der Waals surface area contributed by atoms with E-state index in [4.69, 9.17) is 11.6 Å². The van der Waals surface area contributed by atoms with E-state index < -0.39 is 0 Å². The van der Waals surface area contributed by atoms with E-state index in [1.165, 1.54) is 25.7 Å². The Balaban J connectivity index is 1.90. The van der Waals surface area contributed by atoms with Crippen LogP contribution < -0.4 is 5.32 Å². The van der Waals surface area contributed by atoms with Gasteiger partial charge >= 0.3 is 0 Å². The molecule has 1 fully saturated rings. The second-order valence-corrected chi connectivity index (χ2v) is 6.62. The maximum absolute atomic E-state index is 6.27. The van der Waals surface area contributed by atoms with Crippen LogP contribution in [0.4, 0.5) is 11.6 Å². The molecule has 1 saturated carbocycles. The molecule has 3 nitrogen and oxygen atoms in total. The number of anilines is 2. The molecule has 1 aromatic carbocycles. The van der Waals surface area contributed by atoms with Crippen molar-refractivity contribution in [2.24, 2.45) is 0 Å². The van der Waals surface area contributed by atoms with Crippen LogP contribution in [0.1, 0.15) is 37.4 Å². The summed E-state index contributed by atoms with van der Waals surface area (Å²) >= 11 is 9.69. The molecule has 2 aromatic rings. The molecule has 1 aromatic heterocycles. The molecule has 1 aliphatic carbocycles. The van der Waals surface area contributed by atoms with Gasteiger partial charge in [-0.1, -0.05) is 40.4 Å². The monoisotopic (exact) mass is 353 g/mol. The largest absolute Gasteiger partial charge is 0.324 e. The number of nitrogens with zero attached hydrogens (tertiary/aromatic N) is 2. The van der Waals surface area contributed by atoms with Crippen LogP contribution in [-0.2, 0) is 0 Å².